The van der Waals surface area contributed by atoms with Crippen molar-refractivity contribution >= 4 is 23.3 Å². The van der Waals surface area contributed by atoms with E-state index >= 15 is 0 Å². The van der Waals surface area contributed by atoms with E-state index in [-0.39, 0.29) is 29.4 Å². The van der Waals surface area contributed by atoms with E-state index in [4.69, 9.17) is 0 Å². The van der Waals surface area contributed by atoms with Crippen molar-refractivity contribution in [2.75, 3.05) is 4.90 Å². The first-order valence-electron chi connectivity index (χ1n) is 6.56. The Morgan fingerprint density at radius 1 is 1.16 bits per heavy atom. The summed E-state index contributed by atoms with van der Waals surface area (Å²) in [6.07, 6.45) is 2.30. The van der Waals surface area contributed by atoms with Crippen LogP contribution in [0.3, 0.4) is 0 Å². The summed E-state index contributed by atoms with van der Waals surface area (Å²) < 4.78 is 0. The molecule has 1 aliphatic heterocycles. The maximum Gasteiger partial charge on any atom is 0.236 e. The molecule has 19 heavy (non-hydrogen) atoms. The van der Waals surface area contributed by atoms with Gasteiger partial charge in [-0.1, -0.05) is 12.1 Å². The fraction of sp³-hybridized carbons (Fsp3) is 0.400. The molecule has 2 unspecified atom stereocenters. The van der Waals surface area contributed by atoms with Gasteiger partial charge in [-0.3, -0.25) is 19.3 Å². The molecule has 2 fully saturated rings. The zero-order valence-electron chi connectivity index (χ0n) is 10.8. The third kappa shape index (κ3) is 1.87. The molecule has 98 valence electrons. The molecule has 1 aromatic carbocycles. The summed E-state index contributed by atoms with van der Waals surface area (Å²) in [4.78, 5) is 37.3. The molecule has 2 bridgehead atoms. The van der Waals surface area contributed by atoms with Gasteiger partial charge in [0.05, 0.1) is 5.69 Å². The summed E-state index contributed by atoms with van der Waals surface area (Å²) in [5.74, 6) is -0.340. The smallest absolute Gasteiger partial charge is 0.236 e. The van der Waals surface area contributed by atoms with Gasteiger partial charge >= 0.3 is 0 Å². The number of carbonyl (C=O) groups excluding carboxylic acids is 3. The minimum absolute atomic E-state index is 0.0244. The highest BCUT2D eigenvalue weighted by Gasteiger charge is 2.45. The zero-order chi connectivity index (χ0) is 13.6. The number of hydrogen-bond donors (Lipinski definition) is 0. The lowest BCUT2D eigenvalue weighted by atomic mass is 9.96. The molecule has 2 atom stereocenters. The van der Waals surface area contributed by atoms with E-state index in [0.29, 0.717) is 17.7 Å². The molecule has 2 amide bonds. The van der Waals surface area contributed by atoms with Gasteiger partial charge in [-0.2, -0.15) is 0 Å². The van der Waals surface area contributed by atoms with Gasteiger partial charge < -0.3 is 0 Å². The summed E-state index contributed by atoms with van der Waals surface area (Å²) in [7, 11) is 0. The molecular formula is C15H15NO3. The molecule has 0 spiro atoms. The van der Waals surface area contributed by atoms with Crippen molar-refractivity contribution in [3.05, 3.63) is 29.8 Å². The van der Waals surface area contributed by atoms with Gasteiger partial charge in [-0.15, -0.1) is 0 Å². The number of ketones is 1. The Morgan fingerprint density at radius 3 is 2.37 bits per heavy atom. The zero-order valence-corrected chi connectivity index (χ0v) is 10.8. The van der Waals surface area contributed by atoms with E-state index < -0.39 is 0 Å². The van der Waals surface area contributed by atoms with Crippen molar-refractivity contribution in [3.63, 3.8) is 0 Å². The van der Waals surface area contributed by atoms with Gasteiger partial charge in [-0.25, -0.2) is 0 Å². The number of nitrogens with zero attached hydrogens (tertiary/aromatic N) is 1. The Bertz CT molecular complexity index is 557. The molecular weight excluding hydrogens is 242 g/mol. The Hall–Kier alpha value is -1.97. The van der Waals surface area contributed by atoms with Crippen molar-refractivity contribution in [1.29, 1.82) is 0 Å². The second-order valence-corrected chi connectivity index (χ2v) is 5.33. The predicted molar refractivity (Wildman–Crippen MR) is 69.8 cm³/mol. The number of Topliss-reactive ketones (excluding diaryl/α,β-unsaturated/α-hetero) is 1. The Balaban J connectivity index is 2.01. The maximum atomic E-state index is 12.3. The van der Waals surface area contributed by atoms with Crippen LogP contribution in [0.1, 0.15) is 36.5 Å². The van der Waals surface area contributed by atoms with E-state index in [1.54, 1.807) is 24.3 Å². The molecule has 0 aromatic heterocycles. The molecule has 0 radical (unpaired) electrons. The van der Waals surface area contributed by atoms with Crippen LogP contribution in [0.5, 0.6) is 0 Å². The Kier molecular flexibility index (Phi) is 2.73. The summed E-state index contributed by atoms with van der Waals surface area (Å²) in [5.41, 5.74) is 1.05. The number of imide groups is 1. The van der Waals surface area contributed by atoms with E-state index in [9.17, 15) is 14.4 Å². The number of hydrogen-bond acceptors (Lipinski definition) is 3. The first kappa shape index (κ1) is 12.1. The standard InChI is InChI=1S/C15H15NO3/c1-9(17)10-3-2-4-13(8-10)16-14(18)11-5-6-12(7-11)15(16)19/h2-4,8,11-12H,5-7H2,1H3. The van der Waals surface area contributed by atoms with Crippen LogP contribution in [0, 0.1) is 11.8 Å². The van der Waals surface area contributed by atoms with Crippen molar-refractivity contribution in [2.45, 2.75) is 26.2 Å². The second kappa shape index (κ2) is 4.30. The predicted octanol–water partition coefficient (Wildman–Crippen LogP) is 2.18. The molecule has 2 aliphatic rings. The van der Waals surface area contributed by atoms with Gasteiger partial charge in [-0.05, 0) is 38.3 Å². The average Bonchev–Trinajstić information content (AvgIpc) is 2.84. The number of anilines is 1. The largest absolute Gasteiger partial charge is 0.295 e. The molecule has 0 N–H and O–H groups in total. The first-order chi connectivity index (χ1) is 9.08. The van der Waals surface area contributed by atoms with Crippen LogP contribution in [0.2, 0.25) is 0 Å². The molecule has 4 nitrogen and oxygen atoms in total. The van der Waals surface area contributed by atoms with E-state index in [2.05, 4.69) is 0 Å². The number of benzene rings is 1. The van der Waals surface area contributed by atoms with E-state index in [0.717, 1.165) is 12.8 Å². The third-order valence-corrected chi connectivity index (χ3v) is 4.08. The minimum Gasteiger partial charge on any atom is -0.295 e. The first-order valence-corrected chi connectivity index (χ1v) is 6.56. The van der Waals surface area contributed by atoms with E-state index in [1.165, 1.54) is 11.8 Å². The number of fused-ring (bicyclic) bond motifs is 2. The monoisotopic (exact) mass is 257 g/mol. The normalized spacial score (nSPS) is 25.8. The Labute approximate surface area is 111 Å². The minimum atomic E-state index is -0.112. The second-order valence-electron chi connectivity index (χ2n) is 5.33. The fourth-order valence-corrected chi connectivity index (χ4v) is 3.02. The summed E-state index contributed by atoms with van der Waals surface area (Å²) in [5, 5.41) is 0. The number of piperidine rings is 1. The Morgan fingerprint density at radius 2 is 1.79 bits per heavy atom. The SMILES string of the molecule is CC(=O)c1cccc(N2C(=O)C3CCC(C3)C2=O)c1. The van der Waals surface area contributed by atoms with Gasteiger partial charge in [0, 0.05) is 17.4 Å². The molecule has 4 heteroatoms. The number of rotatable bonds is 2. The van der Waals surface area contributed by atoms with Crippen LogP contribution in [0.25, 0.3) is 0 Å². The van der Waals surface area contributed by atoms with Gasteiger partial charge in [0.1, 0.15) is 0 Å². The highest BCUT2D eigenvalue weighted by Crippen LogP contribution is 2.40. The lowest BCUT2D eigenvalue weighted by Crippen LogP contribution is -2.46. The summed E-state index contributed by atoms with van der Waals surface area (Å²) >= 11 is 0. The molecule has 1 saturated heterocycles. The van der Waals surface area contributed by atoms with Crippen molar-refractivity contribution < 1.29 is 14.4 Å². The topological polar surface area (TPSA) is 54.5 Å². The fourth-order valence-electron chi connectivity index (χ4n) is 3.02. The number of carbonyl (C=O) groups is 3. The van der Waals surface area contributed by atoms with Crippen molar-refractivity contribution in [1.82, 2.24) is 0 Å². The maximum absolute atomic E-state index is 12.3. The van der Waals surface area contributed by atoms with Crippen molar-refractivity contribution in [3.8, 4) is 0 Å². The number of amides is 2. The highest BCUT2D eigenvalue weighted by molar-refractivity contribution is 6.18. The molecule has 1 aliphatic carbocycles. The van der Waals surface area contributed by atoms with Gasteiger partial charge in [0.25, 0.3) is 0 Å². The third-order valence-electron chi connectivity index (χ3n) is 4.08. The summed E-state index contributed by atoms with van der Waals surface area (Å²) in [6.45, 7) is 1.47. The van der Waals surface area contributed by atoms with Crippen LogP contribution >= 0.6 is 0 Å². The van der Waals surface area contributed by atoms with Crippen molar-refractivity contribution in [2.24, 2.45) is 11.8 Å². The van der Waals surface area contributed by atoms with E-state index in [1.807, 2.05) is 0 Å². The molecule has 1 heterocycles. The van der Waals surface area contributed by atoms with Crippen LogP contribution < -0.4 is 4.90 Å². The van der Waals surface area contributed by atoms with Crippen LogP contribution in [-0.4, -0.2) is 17.6 Å². The quantitative estimate of drug-likeness (QED) is 0.602. The highest BCUT2D eigenvalue weighted by atomic mass is 16.2. The summed E-state index contributed by atoms with van der Waals surface area (Å²) in [6, 6.07) is 6.75. The molecule has 1 aromatic rings. The van der Waals surface area contributed by atoms with Gasteiger partial charge in [0.15, 0.2) is 5.78 Å². The van der Waals surface area contributed by atoms with Crippen LogP contribution in [-0.2, 0) is 9.59 Å². The molecule has 3 rings (SSSR count). The average molecular weight is 257 g/mol. The van der Waals surface area contributed by atoms with Crippen LogP contribution in [0.15, 0.2) is 24.3 Å². The lowest BCUT2D eigenvalue weighted by Gasteiger charge is -2.29. The van der Waals surface area contributed by atoms with Crippen LogP contribution in [0.4, 0.5) is 5.69 Å². The lowest BCUT2D eigenvalue weighted by molar-refractivity contribution is -0.133. The molecule has 1 saturated carbocycles. The van der Waals surface area contributed by atoms with Gasteiger partial charge in [0.2, 0.25) is 11.8 Å².